The Morgan fingerprint density at radius 3 is 3.00 bits per heavy atom. The van der Waals surface area contributed by atoms with E-state index in [0.717, 1.165) is 37.9 Å². The molecular weight excluding hydrogens is 236 g/mol. The molecule has 0 bridgehead atoms. The molecule has 1 heterocycles. The first-order chi connectivity index (χ1) is 9.28. The van der Waals surface area contributed by atoms with Crippen LogP contribution in [0.25, 0.3) is 10.9 Å². The first-order valence-corrected chi connectivity index (χ1v) is 7.24. The van der Waals surface area contributed by atoms with Crippen LogP contribution >= 0.6 is 0 Å². The molecule has 3 nitrogen and oxygen atoms in total. The zero-order valence-electron chi connectivity index (χ0n) is 11.4. The molecule has 1 aliphatic rings. The van der Waals surface area contributed by atoms with Crippen molar-refractivity contribution in [3.63, 3.8) is 0 Å². The third-order valence-corrected chi connectivity index (χ3v) is 4.10. The second kappa shape index (κ2) is 5.16. The summed E-state index contributed by atoms with van der Waals surface area (Å²) in [6.45, 7) is 3.01. The van der Waals surface area contributed by atoms with E-state index >= 15 is 0 Å². The molecule has 1 unspecified atom stereocenters. The number of carbonyl (C=O) groups excluding carboxylic acids is 1. The van der Waals surface area contributed by atoms with E-state index in [1.165, 1.54) is 17.3 Å². The van der Waals surface area contributed by atoms with E-state index in [0.29, 0.717) is 11.7 Å². The Hall–Kier alpha value is -1.64. The Labute approximate surface area is 113 Å². The summed E-state index contributed by atoms with van der Waals surface area (Å²) >= 11 is 0. The van der Waals surface area contributed by atoms with Crippen LogP contribution in [0.3, 0.4) is 0 Å². The second-order valence-electron chi connectivity index (χ2n) is 5.48. The standard InChI is InChI=1S/C16H20N2O/c1-2-18-16-9-4-3-8-14(16)15(17-18)11-12-6-5-7-13(19)10-12/h3-4,8-9,12H,2,5-7,10-11H2,1H3. The highest BCUT2D eigenvalue weighted by molar-refractivity contribution is 5.82. The Morgan fingerprint density at radius 1 is 1.37 bits per heavy atom. The molecule has 1 aliphatic carbocycles. The molecule has 1 atom stereocenters. The highest BCUT2D eigenvalue weighted by Crippen LogP contribution is 2.27. The molecule has 19 heavy (non-hydrogen) atoms. The fourth-order valence-corrected chi connectivity index (χ4v) is 3.15. The number of nitrogens with zero attached hydrogens (tertiary/aromatic N) is 2. The fraction of sp³-hybridized carbons (Fsp3) is 0.500. The third kappa shape index (κ3) is 2.42. The molecule has 2 aromatic rings. The zero-order valence-corrected chi connectivity index (χ0v) is 11.4. The van der Waals surface area contributed by atoms with Gasteiger partial charge in [0.1, 0.15) is 5.78 Å². The molecule has 0 aliphatic heterocycles. The van der Waals surface area contributed by atoms with Crippen molar-refractivity contribution in [3.05, 3.63) is 30.0 Å². The molecule has 0 amide bonds. The summed E-state index contributed by atoms with van der Waals surface area (Å²) < 4.78 is 2.06. The smallest absolute Gasteiger partial charge is 0.133 e. The van der Waals surface area contributed by atoms with E-state index in [4.69, 9.17) is 5.10 Å². The second-order valence-corrected chi connectivity index (χ2v) is 5.48. The van der Waals surface area contributed by atoms with E-state index < -0.39 is 0 Å². The van der Waals surface area contributed by atoms with Crippen LogP contribution in [0.1, 0.15) is 38.3 Å². The monoisotopic (exact) mass is 256 g/mol. The molecule has 3 heteroatoms. The van der Waals surface area contributed by atoms with Crippen LogP contribution in [0, 0.1) is 5.92 Å². The van der Waals surface area contributed by atoms with Gasteiger partial charge in [-0.3, -0.25) is 9.48 Å². The molecular formula is C16H20N2O. The average molecular weight is 256 g/mol. The zero-order chi connectivity index (χ0) is 13.2. The number of benzene rings is 1. The van der Waals surface area contributed by atoms with Gasteiger partial charge in [0.25, 0.3) is 0 Å². The van der Waals surface area contributed by atoms with Gasteiger partial charge in [-0.05, 0) is 38.2 Å². The lowest BCUT2D eigenvalue weighted by Crippen LogP contribution is -2.17. The Kier molecular flexibility index (Phi) is 3.36. The predicted octanol–water partition coefficient (Wildman–Crippen LogP) is 3.36. The van der Waals surface area contributed by atoms with Crippen molar-refractivity contribution in [2.45, 2.75) is 45.6 Å². The van der Waals surface area contributed by atoms with E-state index in [2.05, 4.69) is 35.9 Å². The number of aromatic nitrogens is 2. The maximum atomic E-state index is 11.6. The number of para-hydroxylation sites is 1. The maximum absolute atomic E-state index is 11.6. The van der Waals surface area contributed by atoms with Crippen molar-refractivity contribution in [3.8, 4) is 0 Å². The van der Waals surface area contributed by atoms with Crippen LogP contribution in [0.4, 0.5) is 0 Å². The highest BCUT2D eigenvalue weighted by Gasteiger charge is 2.22. The highest BCUT2D eigenvalue weighted by atomic mass is 16.1. The van der Waals surface area contributed by atoms with Crippen LogP contribution in [0.5, 0.6) is 0 Å². The number of hydrogen-bond acceptors (Lipinski definition) is 2. The summed E-state index contributed by atoms with van der Waals surface area (Å²) in [6.07, 6.45) is 4.68. The Bertz CT molecular complexity index is 600. The molecule has 0 saturated heterocycles. The fourth-order valence-electron chi connectivity index (χ4n) is 3.15. The maximum Gasteiger partial charge on any atom is 0.133 e. The van der Waals surface area contributed by atoms with Crippen molar-refractivity contribution < 1.29 is 4.79 Å². The van der Waals surface area contributed by atoms with Crippen LogP contribution in [-0.2, 0) is 17.8 Å². The first kappa shape index (κ1) is 12.4. The Balaban J connectivity index is 1.90. The topological polar surface area (TPSA) is 34.9 Å². The molecule has 1 aromatic carbocycles. The minimum Gasteiger partial charge on any atom is -0.300 e. The van der Waals surface area contributed by atoms with Crippen molar-refractivity contribution in [1.82, 2.24) is 9.78 Å². The van der Waals surface area contributed by atoms with Gasteiger partial charge in [0, 0.05) is 24.8 Å². The molecule has 3 rings (SSSR count). The van der Waals surface area contributed by atoms with Gasteiger partial charge in [0.15, 0.2) is 0 Å². The van der Waals surface area contributed by atoms with Crippen molar-refractivity contribution in [2.75, 3.05) is 0 Å². The summed E-state index contributed by atoms with van der Waals surface area (Å²) in [5.74, 6) is 0.917. The quantitative estimate of drug-likeness (QED) is 0.844. The van der Waals surface area contributed by atoms with Crippen LogP contribution in [0.15, 0.2) is 24.3 Å². The van der Waals surface area contributed by atoms with E-state index in [1.807, 2.05) is 0 Å². The third-order valence-electron chi connectivity index (χ3n) is 4.10. The minimum absolute atomic E-state index is 0.426. The van der Waals surface area contributed by atoms with E-state index in [-0.39, 0.29) is 0 Å². The summed E-state index contributed by atoms with van der Waals surface area (Å²) in [5.41, 5.74) is 2.37. The van der Waals surface area contributed by atoms with E-state index in [9.17, 15) is 4.79 Å². The van der Waals surface area contributed by atoms with Crippen molar-refractivity contribution >= 4 is 16.7 Å². The minimum atomic E-state index is 0.426. The molecule has 0 N–H and O–H groups in total. The van der Waals surface area contributed by atoms with Crippen LogP contribution in [-0.4, -0.2) is 15.6 Å². The molecule has 100 valence electrons. The molecule has 0 radical (unpaired) electrons. The summed E-state index contributed by atoms with van der Waals surface area (Å²) in [5, 5.41) is 5.98. The summed E-state index contributed by atoms with van der Waals surface area (Å²) in [4.78, 5) is 11.6. The number of rotatable bonds is 3. The van der Waals surface area contributed by atoms with Crippen LogP contribution in [0.2, 0.25) is 0 Å². The number of hydrogen-bond donors (Lipinski definition) is 0. The van der Waals surface area contributed by atoms with Gasteiger partial charge in [-0.15, -0.1) is 0 Å². The van der Waals surface area contributed by atoms with Gasteiger partial charge >= 0.3 is 0 Å². The van der Waals surface area contributed by atoms with Gasteiger partial charge in [0.2, 0.25) is 0 Å². The molecule has 0 spiro atoms. The number of aryl methyl sites for hydroxylation is 1. The van der Waals surface area contributed by atoms with Gasteiger partial charge in [-0.1, -0.05) is 18.2 Å². The SMILES string of the molecule is CCn1nc(CC2CCCC(=O)C2)c2ccccc21. The number of carbonyl (C=O) groups is 1. The predicted molar refractivity (Wildman–Crippen MR) is 76.1 cm³/mol. The summed E-state index contributed by atoms with van der Waals surface area (Å²) in [7, 11) is 0. The van der Waals surface area contributed by atoms with Crippen molar-refractivity contribution in [2.24, 2.45) is 5.92 Å². The number of fused-ring (bicyclic) bond motifs is 1. The molecule has 1 fully saturated rings. The molecule has 1 aromatic heterocycles. The average Bonchev–Trinajstić information content (AvgIpc) is 2.77. The van der Waals surface area contributed by atoms with Gasteiger partial charge in [-0.2, -0.15) is 5.10 Å². The van der Waals surface area contributed by atoms with Gasteiger partial charge in [-0.25, -0.2) is 0 Å². The van der Waals surface area contributed by atoms with E-state index in [1.54, 1.807) is 0 Å². The lowest BCUT2D eigenvalue weighted by molar-refractivity contribution is -0.121. The lowest BCUT2D eigenvalue weighted by Gasteiger charge is -2.19. The van der Waals surface area contributed by atoms with Crippen LogP contribution < -0.4 is 0 Å². The Morgan fingerprint density at radius 2 is 2.21 bits per heavy atom. The number of Topliss-reactive ketones (excluding diaryl/α,β-unsaturated/α-hetero) is 1. The number of ketones is 1. The summed E-state index contributed by atoms with van der Waals surface area (Å²) in [6, 6.07) is 8.40. The van der Waals surface area contributed by atoms with Crippen molar-refractivity contribution in [1.29, 1.82) is 0 Å². The first-order valence-electron chi connectivity index (χ1n) is 7.24. The van der Waals surface area contributed by atoms with Gasteiger partial charge < -0.3 is 0 Å². The lowest BCUT2D eigenvalue weighted by atomic mass is 9.85. The largest absolute Gasteiger partial charge is 0.300 e. The normalized spacial score (nSPS) is 20.1. The van der Waals surface area contributed by atoms with Gasteiger partial charge in [0.05, 0.1) is 11.2 Å². The molecule has 1 saturated carbocycles.